The van der Waals surface area contributed by atoms with Crippen LogP contribution in [-0.2, 0) is 6.42 Å². The average Bonchev–Trinajstić information content (AvgIpc) is 2.47. The number of hydrogen-bond donors (Lipinski definition) is 0. The Hall–Kier alpha value is -0.0900. The molecule has 0 spiro atoms. The maximum atomic E-state index is 2.37. The van der Waals surface area contributed by atoms with Gasteiger partial charge in [-0.3, -0.25) is 0 Å². The lowest BCUT2D eigenvalue weighted by molar-refractivity contribution is 0.451. The Balaban J connectivity index is 2.36. The summed E-state index contributed by atoms with van der Waals surface area (Å²) in [5.41, 5.74) is 3.06. The molecule has 1 atom stereocenters. The third kappa shape index (κ3) is 1.38. The molecular weight excluding hydrogens is 261 g/mol. The highest BCUT2D eigenvalue weighted by atomic mass is 127. The highest BCUT2D eigenvalue weighted by molar-refractivity contribution is 14.1. The van der Waals surface area contributed by atoms with Crippen molar-refractivity contribution < 1.29 is 0 Å². The van der Waals surface area contributed by atoms with Gasteiger partial charge in [0.1, 0.15) is 0 Å². The molecule has 12 heavy (non-hydrogen) atoms. The molecule has 1 aliphatic carbocycles. The van der Waals surface area contributed by atoms with Gasteiger partial charge in [-0.05, 0) is 31.0 Å². The number of aryl methyl sites for hydroxylation is 1. The molecular formula is C10H12IN. The van der Waals surface area contributed by atoms with Gasteiger partial charge in [0.25, 0.3) is 0 Å². The summed E-state index contributed by atoms with van der Waals surface area (Å²) in [4.78, 5) is 0. The SMILES string of the molecule is CN(I)[C@@H]1CCc2ccccc21. The van der Waals surface area contributed by atoms with Crippen LogP contribution in [0.15, 0.2) is 24.3 Å². The van der Waals surface area contributed by atoms with E-state index < -0.39 is 0 Å². The van der Waals surface area contributed by atoms with E-state index in [4.69, 9.17) is 0 Å². The number of fused-ring (bicyclic) bond motifs is 1. The minimum absolute atomic E-state index is 0.641. The summed E-state index contributed by atoms with van der Waals surface area (Å²) in [6.07, 6.45) is 2.52. The largest absolute Gasteiger partial charge is 0.243 e. The zero-order valence-corrected chi connectivity index (χ0v) is 9.28. The van der Waals surface area contributed by atoms with Crippen molar-refractivity contribution in [3.8, 4) is 0 Å². The van der Waals surface area contributed by atoms with Crippen molar-refractivity contribution in [1.82, 2.24) is 3.11 Å². The van der Waals surface area contributed by atoms with Gasteiger partial charge in [-0.15, -0.1) is 0 Å². The lowest BCUT2D eigenvalue weighted by atomic mass is 10.1. The van der Waals surface area contributed by atoms with Crippen molar-refractivity contribution in [2.24, 2.45) is 0 Å². The molecule has 2 heteroatoms. The van der Waals surface area contributed by atoms with E-state index in [0.29, 0.717) is 6.04 Å². The number of benzene rings is 1. The molecule has 1 aliphatic rings. The van der Waals surface area contributed by atoms with Crippen molar-refractivity contribution in [2.45, 2.75) is 18.9 Å². The molecule has 0 heterocycles. The molecule has 0 saturated carbocycles. The van der Waals surface area contributed by atoms with Crippen molar-refractivity contribution >= 4 is 22.9 Å². The first-order valence-electron chi connectivity index (χ1n) is 4.25. The van der Waals surface area contributed by atoms with Gasteiger partial charge in [-0.2, -0.15) is 0 Å². The summed E-state index contributed by atoms with van der Waals surface area (Å²) in [7, 11) is 2.15. The molecule has 2 rings (SSSR count). The van der Waals surface area contributed by atoms with Crippen LogP contribution in [0.4, 0.5) is 0 Å². The first-order valence-corrected chi connectivity index (χ1v) is 5.22. The molecule has 0 fully saturated rings. The Morgan fingerprint density at radius 3 is 2.92 bits per heavy atom. The van der Waals surface area contributed by atoms with Crippen LogP contribution in [0.25, 0.3) is 0 Å². The van der Waals surface area contributed by atoms with E-state index in [2.05, 4.69) is 57.3 Å². The van der Waals surface area contributed by atoms with Crippen LogP contribution in [0.2, 0.25) is 0 Å². The molecule has 0 unspecified atom stereocenters. The topological polar surface area (TPSA) is 3.24 Å². The Morgan fingerprint density at radius 1 is 1.42 bits per heavy atom. The Bertz CT molecular complexity index is 283. The fourth-order valence-electron chi connectivity index (χ4n) is 1.90. The second kappa shape index (κ2) is 3.34. The van der Waals surface area contributed by atoms with E-state index in [1.54, 1.807) is 0 Å². The molecule has 1 aromatic carbocycles. The molecule has 0 saturated heterocycles. The predicted molar refractivity (Wildman–Crippen MR) is 59.3 cm³/mol. The van der Waals surface area contributed by atoms with Gasteiger partial charge in [0.05, 0.1) is 0 Å². The summed E-state index contributed by atoms with van der Waals surface area (Å²) in [6.45, 7) is 0. The number of rotatable bonds is 1. The first-order chi connectivity index (χ1) is 5.79. The predicted octanol–water partition coefficient (Wildman–Crippen LogP) is 2.96. The van der Waals surface area contributed by atoms with Crippen LogP contribution in [0.3, 0.4) is 0 Å². The van der Waals surface area contributed by atoms with Gasteiger partial charge < -0.3 is 0 Å². The number of halogens is 1. The summed E-state index contributed by atoms with van der Waals surface area (Å²) >= 11 is 2.37. The normalized spacial score (nSPS) is 21.4. The van der Waals surface area contributed by atoms with E-state index in [1.807, 2.05) is 0 Å². The third-order valence-electron chi connectivity index (χ3n) is 2.53. The molecule has 0 bridgehead atoms. The number of hydrogen-bond acceptors (Lipinski definition) is 1. The summed E-state index contributed by atoms with van der Waals surface area (Å²) in [5, 5.41) is 0. The molecule has 0 radical (unpaired) electrons. The second-order valence-electron chi connectivity index (χ2n) is 3.28. The van der Waals surface area contributed by atoms with Crippen LogP contribution < -0.4 is 0 Å². The zero-order valence-electron chi connectivity index (χ0n) is 7.13. The fraction of sp³-hybridized carbons (Fsp3) is 0.400. The van der Waals surface area contributed by atoms with E-state index in [9.17, 15) is 0 Å². The van der Waals surface area contributed by atoms with E-state index in [0.717, 1.165) is 0 Å². The molecule has 1 nitrogen and oxygen atoms in total. The fourth-order valence-corrected chi connectivity index (χ4v) is 2.48. The monoisotopic (exact) mass is 273 g/mol. The minimum atomic E-state index is 0.641. The highest BCUT2D eigenvalue weighted by Crippen LogP contribution is 2.35. The van der Waals surface area contributed by atoms with Crippen LogP contribution in [0, 0.1) is 0 Å². The highest BCUT2D eigenvalue weighted by Gasteiger charge is 2.23. The average molecular weight is 273 g/mol. The van der Waals surface area contributed by atoms with Crippen LogP contribution in [-0.4, -0.2) is 10.2 Å². The van der Waals surface area contributed by atoms with Gasteiger partial charge >= 0.3 is 0 Å². The van der Waals surface area contributed by atoms with Crippen molar-refractivity contribution in [2.75, 3.05) is 7.05 Å². The summed E-state index contributed by atoms with van der Waals surface area (Å²) in [5.74, 6) is 0. The van der Waals surface area contributed by atoms with E-state index in [-0.39, 0.29) is 0 Å². The molecule has 0 N–H and O–H groups in total. The van der Waals surface area contributed by atoms with Crippen molar-refractivity contribution in [1.29, 1.82) is 0 Å². The quantitative estimate of drug-likeness (QED) is 0.561. The Kier molecular flexibility index (Phi) is 2.37. The summed E-state index contributed by atoms with van der Waals surface area (Å²) < 4.78 is 2.28. The third-order valence-corrected chi connectivity index (χ3v) is 3.20. The smallest absolute Gasteiger partial charge is 0.0446 e. The molecule has 1 aromatic rings. The van der Waals surface area contributed by atoms with Gasteiger partial charge in [0.2, 0.25) is 0 Å². The van der Waals surface area contributed by atoms with Gasteiger partial charge in [0, 0.05) is 28.9 Å². The zero-order chi connectivity index (χ0) is 8.55. The lowest BCUT2D eigenvalue weighted by Crippen LogP contribution is -2.10. The number of nitrogens with zero attached hydrogens (tertiary/aromatic N) is 1. The second-order valence-corrected chi connectivity index (χ2v) is 4.80. The summed E-state index contributed by atoms with van der Waals surface area (Å²) in [6, 6.07) is 9.41. The van der Waals surface area contributed by atoms with Gasteiger partial charge in [-0.1, -0.05) is 24.3 Å². The maximum absolute atomic E-state index is 2.37. The standard InChI is InChI=1S/C10H12IN/c1-12(11)10-7-6-8-4-2-3-5-9(8)10/h2-5,10H,6-7H2,1H3/t10-/m1/s1. The lowest BCUT2D eigenvalue weighted by Gasteiger charge is -2.17. The van der Waals surface area contributed by atoms with Crippen LogP contribution in [0.5, 0.6) is 0 Å². The molecule has 0 aromatic heterocycles. The Morgan fingerprint density at radius 2 is 2.17 bits per heavy atom. The van der Waals surface area contributed by atoms with Gasteiger partial charge in [0.15, 0.2) is 0 Å². The first kappa shape index (κ1) is 8.51. The molecule has 0 amide bonds. The van der Waals surface area contributed by atoms with E-state index in [1.165, 1.54) is 24.0 Å². The molecule has 64 valence electrons. The molecule has 0 aliphatic heterocycles. The van der Waals surface area contributed by atoms with E-state index >= 15 is 0 Å². The minimum Gasteiger partial charge on any atom is -0.243 e. The van der Waals surface area contributed by atoms with Gasteiger partial charge in [-0.25, -0.2) is 3.11 Å². The Labute approximate surface area is 87.3 Å². The maximum Gasteiger partial charge on any atom is 0.0446 e. The van der Waals surface area contributed by atoms with Crippen LogP contribution >= 0.6 is 22.9 Å². The van der Waals surface area contributed by atoms with Crippen molar-refractivity contribution in [3.05, 3.63) is 35.4 Å². The van der Waals surface area contributed by atoms with Crippen molar-refractivity contribution in [3.63, 3.8) is 0 Å². The van der Waals surface area contributed by atoms with Crippen LogP contribution in [0.1, 0.15) is 23.6 Å².